The molecule has 1 aromatic heterocycles. The molecule has 2 saturated carbocycles. The number of rotatable bonds is 6. The zero-order valence-corrected chi connectivity index (χ0v) is 10.9. The normalized spacial score (nSPS) is 20.5. The summed E-state index contributed by atoms with van der Waals surface area (Å²) in [6.07, 6.45) is 7.84. The molecule has 0 spiro atoms. The quantitative estimate of drug-likeness (QED) is 0.818. The van der Waals surface area contributed by atoms with Crippen LogP contribution in [-0.2, 0) is 6.54 Å². The van der Waals surface area contributed by atoms with Crippen LogP contribution in [0.4, 0.5) is 0 Å². The molecular formula is C14H23N3. The predicted molar refractivity (Wildman–Crippen MR) is 68.7 cm³/mol. The molecule has 3 heteroatoms. The maximum absolute atomic E-state index is 4.60. The van der Waals surface area contributed by atoms with E-state index in [-0.39, 0.29) is 0 Å². The summed E-state index contributed by atoms with van der Waals surface area (Å²) in [5.74, 6) is 1.93. The van der Waals surface area contributed by atoms with Crippen molar-refractivity contribution in [3.8, 4) is 0 Å². The number of nitrogens with one attached hydrogen (secondary N) is 1. The first-order valence-corrected chi connectivity index (χ1v) is 7.01. The summed E-state index contributed by atoms with van der Waals surface area (Å²) >= 11 is 0. The van der Waals surface area contributed by atoms with Crippen LogP contribution >= 0.6 is 0 Å². The van der Waals surface area contributed by atoms with Gasteiger partial charge in [-0.25, -0.2) is 0 Å². The molecule has 0 unspecified atom stereocenters. The lowest BCUT2D eigenvalue weighted by molar-refractivity contribution is 0.410. The first kappa shape index (κ1) is 11.3. The lowest BCUT2D eigenvalue weighted by atomic mass is 10.1. The van der Waals surface area contributed by atoms with E-state index in [9.17, 15) is 0 Å². The summed E-state index contributed by atoms with van der Waals surface area (Å²) in [5.41, 5.74) is 1.19. The Labute approximate surface area is 104 Å². The number of nitrogens with zero attached hydrogens (tertiary/aromatic N) is 2. The molecule has 2 aliphatic rings. The molecule has 94 valence electrons. The Morgan fingerprint density at radius 2 is 1.94 bits per heavy atom. The second-order valence-corrected chi connectivity index (χ2v) is 5.96. The fraction of sp³-hybridized carbons (Fsp3) is 0.786. The molecule has 1 heterocycles. The van der Waals surface area contributed by atoms with Gasteiger partial charge in [0.1, 0.15) is 0 Å². The second-order valence-electron chi connectivity index (χ2n) is 5.96. The van der Waals surface area contributed by atoms with E-state index >= 15 is 0 Å². The van der Waals surface area contributed by atoms with Crippen LogP contribution in [0.25, 0.3) is 0 Å². The Balaban J connectivity index is 1.54. The van der Waals surface area contributed by atoms with Crippen LogP contribution in [0.3, 0.4) is 0 Å². The van der Waals surface area contributed by atoms with Crippen LogP contribution in [0.15, 0.2) is 12.3 Å². The highest BCUT2D eigenvalue weighted by molar-refractivity contribution is 5.02. The van der Waals surface area contributed by atoms with Gasteiger partial charge in [0.15, 0.2) is 0 Å². The van der Waals surface area contributed by atoms with E-state index in [0.29, 0.717) is 6.04 Å². The van der Waals surface area contributed by atoms with Gasteiger partial charge in [-0.15, -0.1) is 0 Å². The third-order valence-electron chi connectivity index (χ3n) is 3.97. The summed E-state index contributed by atoms with van der Waals surface area (Å²) in [7, 11) is 0. The Morgan fingerprint density at radius 3 is 2.41 bits per heavy atom. The summed E-state index contributed by atoms with van der Waals surface area (Å²) in [4.78, 5) is 0. The minimum Gasteiger partial charge on any atom is -0.308 e. The summed E-state index contributed by atoms with van der Waals surface area (Å²) in [6.45, 7) is 5.28. The van der Waals surface area contributed by atoms with Crippen LogP contribution in [0.1, 0.15) is 51.3 Å². The Hall–Kier alpha value is -0.830. The van der Waals surface area contributed by atoms with E-state index in [0.717, 1.165) is 24.4 Å². The molecule has 0 radical (unpaired) electrons. The summed E-state index contributed by atoms with van der Waals surface area (Å²) < 4.78 is 2.04. The predicted octanol–water partition coefficient (Wildman–Crippen LogP) is 2.74. The molecule has 17 heavy (non-hydrogen) atoms. The van der Waals surface area contributed by atoms with E-state index in [1.807, 2.05) is 4.68 Å². The first-order valence-electron chi connectivity index (χ1n) is 7.01. The zero-order valence-electron chi connectivity index (χ0n) is 10.9. The highest BCUT2D eigenvalue weighted by atomic mass is 15.3. The van der Waals surface area contributed by atoms with E-state index in [1.165, 1.54) is 31.4 Å². The largest absolute Gasteiger partial charge is 0.308 e. The van der Waals surface area contributed by atoms with Gasteiger partial charge in [-0.2, -0.15) is 5.10 Å². The molecule has 3 rings (SSSR count). The van der Waals surface area contributed by atoms with Gasteiger partial charge >= 0.3 is 0 Å². The molecule has 0 aliphatic heterocycles. The van der Waals surface area contributed by atoms with Gasteiger partial charge in [0, 0.05) is 24.8 Å². The molecule has 0 aromatic carbocycles. The molecule has 2 fully saturated rings. The molecule has 1 aromatic rings. The van der Waals surface area contributed by atoms with Crippen LogP contribution in [0.2, 0.25) is 0 Å². The second kappa shape index (κ2) is 4.45. The molecule has 3 nitrogen and oxygen atoms in total. The zero-order chi connectivity index (χ0) is 11.8. The average Bonchev–Trinajstić information content (AvgIpc) is 3.20. The monoisotopic (exact) mass is 233 g/mol. The highest BCUT2D eigenvalue weighted by Crippen LogP contribution is 2.44. The molecular weight excluding hydrogens is 210 g/mol. The standard InChI is InChI=1S/C14H23N3/c1-10(2)17-8-7-13(16-17)9-15-14(11-3-4-11)12-5-6-12/h7-8,10-12,14-15H,3-6,9H2,1-2H3. The Kier molecular flexibility index (Phi) is 2.95. The molecule has 0 saturated heterocycles. The minimum absolute atomic E-state index is 0.464. The van der Waals surface area contributed by atoms with Gasteiger partial charge in [-0.05, 0) is 57.4 Å². The number of aromatic nitrogens is 2. The van der Waals surface area contributed by atoms with Crippen molar-refractivity contribution in [1.82, 2.24) is 15.1 Å². The van der Waals surface area contributed by atoms with Gasteiger partial charge in [-0.1, -0.05) is 0 Å². The minimum atomic E-state index is 0.464. The lowest BCUT2D eigenvalue weighted by Crippen LogP contribution is -2.32. The summed E-state index contributed by atoms with van der Waals surface area (Å²) in [5, 5.41) is 8.33. The average molecular weight is 233 g/mol. The van der Waals surface area contributed by atoms with E-state index in [1.54, 1.807) is 0 Å². The van der Waals surface area contributed by atoms with Crippen molar-refractivity contribution in [3.63, 3.8) is 0 Å². The molecule has 2 aliphatic carbocycles. The van der Waals surface area contributed by atoms with E-state index < -0.39 is 0 Å². The van der Waals surface area contributed by atoms with Gasteiger partial charge in [0.05, 0.1) is 5.69 Å². The Bertz CT molecular complexity index is 363. The van der Waals surface area contributed by atoms with Crippen LogP contribution in [0.5, 0.6) is 0 Å². The van der Waals surface area contributed by atoms with Gasteiger partial charge in [0.25, 0.3) is 0 Å². The highest BCUT2D eigenvalue weighted by Gasteiger charge is 2.40. The third-order valence-corrected chi connectivity index (χ3v) is 3.97. The van der Waals surface area contributed by atoms with Crippen LogP contribution < -0.4 is 5.32 Å². The van der Waals surface area contributed by atoms with Crippen LogP contribution in [-0.4, -0.2) is 15.8 Å². The van der Waals surface area contributed by atoms with E-state index in [4.69, 9.17) is 0 Å². The molecule has 1 N–H and O–H groups in total. The third kappa shape index (κ3) is 2.71. The maximum atomic E-state index is 4.60. The molecule has 0 amide bonds. The van der Waals surface area contributed by atoms with Gasteiger partial charge in [0.2, 0.25) is 0 Å². The smallest absolute Gasteiger partial charge is 0.0762 e. The summed E-state index contributed by atoms with van der Waals surface area (Å²) in [6, 6.07) is 3.38. The SMILES string of the molecule is CC(C)n1ccc(CNC(C2CC2)C2CC2)n1. The number of hydrogen-bond donors (Lipinski definition) is 1. The Morgan fingerprint density at radius 1 is 1.29 bits per heavy atom. The maximum Gasteiger partial charge on any atom is 0.0762 e. The van der Waals surface area contributed by atoms with Crippen LogP contribution in [0, 0.1) is 11.8 Å². The van der Waals surface area contributed by atoms with Gasteiger partial charge in [-0.3, -0.25) is 4.68 Å². The molecule has 0 atom stereocenters. The van der Waals surface area contributed by atoms with Crippen molar-refractivity contribution < 1.29 is 0 Å². The fourth-order valence-corrected chi connectivity index (χ4v) is 2.61. The van der Waals surface area contributed by atoms with Gasteiger partial charge < -0.3 is 5.32 Å². The van der Waals surface area contributed by atoms with E-state index in [2.05, 4.69) is 36.5 Å². The molecule has 0 bridgehead atoms. The van der Waals surface area contributed by atoms with Crippen molar-refractivity contribution in [2.45, 2.75) is 58.2 Å². The van der Waals surface area contributed by atoms with Crippen molar-refractivity contribution in [2.75, 3.05) is 0 Å². The van der Waals surface area contributed by atoms with Crippen molar-refractivity contribution in [1.29, 1.82) is 0 Å². The first-order chi connectivity index (χ1) is 8.24. The number of hydrogen-bond acceptors (Lipinski definition) is 2. The fourth-order valence-electron chi connectivity index (χ4n) is 2.61. The topological polar surface area (TPSA) is 29.9 Å². The van der Waals surface area contributed by atoms with Crippen molar-refractivity contribution >= 4 is 0 Å². The van der Waals surface area contributed by atoms with Crippen molar-refractivity contribution in [3.05, 3.63) is 18.0 Å². The lowest BCUT2D eigenvalue weighted by Gasteiger charge is -2.16. The van der Waals surface area contributed by atoms with Crippen molar-refractivity contribution in [2.24, 2.45) is 11.8 Å².